The largest absolute Gasteiger partial charge is 0.469 e. The Hall–Kier alpha value is -4.28. The van der Waals surface area contributed by atoms with E-state index in [4.69, 9.17) is 14.2 Å². The third-order valence-electron chi connectivity index (χ3n) is 15.3. The number of fused-ring (bicyclic) bond motifs is 5. The molecule has 0 aromatic heterocycles. The first-order valence-corrected chi connectivity index (χ1v) is 21.3. The van der Waals surface area contributed by atoms with Crippen molar-refractivity contribution in [2.24, 2.45) is 51.3 Å². The number of hydrogen-bond acceptors (Lipinski definition) is 11. The molecule has 0 saturated heterocycles. The van der Waals surface area contributed by atoms with Crippen molar-refractivity contribution < 1.29 is 28.6 Å². The molecule has 2 N–H and O–H groups in total. The lowest BCUT2D eigenvalue weighted by molar-refractivity contribution is -0.203. The topological polar surface area (TPSA) is 122 Å². The zero-order valence-corrected chi connectivity index (χ0v) is 35.4. The van der Waals surface area contributed by atoms with Gasteiger partial charge >= 0.3 is 17.9 Å². The Morgan fingerprint density at radius 2 is 1.49 bits per heavy atom. The number of benzene rings is 2. The van der Waals surface area contributed by atoms with Gasteiger partial charge in [0.1, 0.15) is 12.2 Å². The summed E-state index contributed by atoms with van der Waals surface area (Å²) in [6, 6.07) is 15.6. The standard InChI is InChI=1S/C46H65N5O6/c1-28(9-20-40(52)55-8)35-18-19-36-41-37(27-39(46(35,36)3)57-43(54)30-12-16-34(17-13-30)51(6)7)45(2)22-21-32(49-44-47-23-24-48-44)25-31(45)26-38(41)56-42(53)29-10-14-33(15-11-29)50(4)5/h10-17,28,31-32,35-39,41H,9,18-27H2,1-8H3,(H2,47,48,49)/t28-,31+,32-,35-,36+,37+,38-,39+,41+,45+,46-/m1/s1. The predicted octanol–water partition coefficient (Wildman–Crippen LogP) is 6.96. The van der Waals surface area contributed by atoms with Crippen LogP contribution < -0.4 is 20.4 Å². The Kier molecular flexibility index (Phi) is 11.9. The lowest BCUT2D eigenvalue weighted by Gasteiger charge is -2.64. The van der Waals surface area contributed by atoms with E-state index in [0.29, 0.717) is 36.3 Å². The van der Waals surface area contributed by atoms with Gasteiger partial charge in [-0.15, -0.1) is 0 Å². The minimum absolute atomic E-state index is 0.0298. The van der Waals surface area contributed by atoms with Gasteiger partial charge in [-0.3, -0.25) is 9.79 Å². The summed E-state index contributed by atoms with van der Waals surface area (Å²) in [5.41, 5.74) is 2.74. The van der Waals surface area contributed by atoms with E-state index in [1.807, 2.05) is 86.5 Å². The van der Waals surface area contributed by atoms with E-state index in [9.17, 15) is 14.4 Å². The van der Waals surface area contributed by atoms with Crippen LogP contribution >= 0.6 is 0 Å². The van der Waals surface area contributed by atoms with Crippen LogP contribution in [0.2, 0.25) is 0 Å². The molecule has 11 heteroatoms. The number of hydrogen-bond donors (Lipinski definition) is 2. The Morgan fingerprint density at radius 3 is 2.07 bits per heavy atom. The molecule has 5 aliphatic rings. The molecule has 0 radical (unpaired) electrons. The molecule has 4 saturated carbocycles. The normalized spacial score (nSPS) is 33.3. The van der Waals surface area contributed by atoms with Gasteiger partial charge in [-0.05, 0) is 135 Å². The first-order chi connectivity index (χ1) is 27.2. The van der Waals surface area contributed by atoms with Crippen LogP contribution in [0.3, 0.4) is 0 Å². The van der Waals surface area contributed by atoms with Gasteiger partial charge in [-0.1, -0.05) is 20.8 Å². The van der Waals surface area contributed by atoms with Crippen LogP contribution in [-0.2, 0) is 19.0 Å². The molecule has 57 heavy (non-hydrogen) atoms. The average molecular weight is 784 g/mol. The van der Waals surface area contributed by atoms with E-state index in [0.717, 1.165) is 68.9 Å². The van der Waals surface area contributed by atoms with Gasteiger partial charge in [-0.2, -0.15) is 0 Å². The summed E-state index contributed by atoms with van der Waals surface area (Å²) in [7, 11) is 9.40. The molecule has 11 atom stereocenters. The van der Waals surface area contributed by atoms with Gasteiger partial charge in [0.2, 0.25) is 0 Å². The van der Waals surface area contributed by atoms with Crippen molar-refractivity contribution in [1.82, 2.24) is 10.6 Å². The highest BCUT2D eigenvalue weighted by atomic mass is 16.6. The number of ether oxygens (including phenoxy) is 3. The third-order valence-corrected chi connectivity index (χ3v) is 15.3. The molecule has 1 heterocycles. The number of rotatable bonds is 11. The predicted molar refractivity (Wildman–Crippen MR) is 224 cm³/mol. The van der Waals surface area contributed by atoms with Gasteiger partial charge in [0.25, 0.3) is 0 Å². The summed E-state index contributed by atoms with van der Waals surface area (Å²) >= 11 is 0. The molecule has 11 nitrogen and oxygen atoms in total. The number of esters is 3. The molecule has 2 aromatic rings. The van der Waals surface area contributed by atoms with E-state index in [2.05, 4.69) is 36.4 Å². The molecule has 7 rings (SSSR count). The molecule has 310 valence electrons. The summed E-state index contributed by atoms with van der Waals surface area (Å²) in [6.45, 7) is 8.71. The Bertz CT molecular complexity index is 1800. The molecule has 0 amide bonds. The van der Waals surface area contributed by atoms with E-state index < -0.39 is 0 Å². The number of nitrogens with zero attached hydrogens (tertiary/aromatic N) is 3. The van der Waals surface area contributed by atoms with Crippen LogP contribution in [0, 0.1) is 46.3 Å². The van der Waals surface area contributed by atoms with E-state index in [1.165, 1.54) is 7.11 Å². The van der Waals surface area contributed by atoms with Crippen molar-refractivity contribution in [3.8, 4) is 0 Å². The summed E-state index contributed by atoms with van der Waals surface area (Å²) in [4.78, 5) is 49.4. The van der Waals surface area contributed by atoms with Gasteiger partial charge in [0.05, 0.1) is 24.8 Å². The molecule has 0 spiro atoms. The van der Waals surface area contributed by atoms with Crippen molar-refractivity contribution >= 4 is 35.2 Å². The van der Waals surface area contributed by atoms with Gasteiger partial charge < -0.3 is 34.6 Å². The number of aliphatic imine (C=N–C) groups is 1. The molecule has 2 aromatic carbocycles. The van der Waals surface area contributed by atoms with Crippen LogP contribution in [0.15, 0.2) is 53.5 Å². The second-order valence-corrected chi connectivity index (χ2v) is 18.6. The Morgan fingerprint density at radius 1 is 0.860 bits per heavy atom. The molecule has 1 aliphatic heterocycles. The van der Waals surface area contributed by atoms with Gasteiger partial charge in [0.15, 0.2) is 5.96 Å². The van der Waals surface area contributed by atoms with Crippen LogP contribution in [-0.4, -0.2) is 90.5 Å². The fourth-order valence-electron chi connectivity index (χ4n) is 12.1. The molecular weight excluding hydrogens is 719 g/mol. The van der Waals surface area contributed by atoms with Gasteiger partial charge in [-0.25, -0.2) is 9.59 Å². The fourth-order valence-corrected chi connectivity index (χ4v) is 12.1. The van der Waals surface area contributed by atoms with Crippen molar-refractivity contribution in [3.05, 3.63) is 59.7 Å². The lowest BCUT2D eigenvalue weighted by Crippen LogP contribution is -2.64. The maximum Gasteiger partial charge on any atom is 0.338 e. The highest BCUT2D eigenvalue weighted by Crippen LogP contribution is 2.69. The highest BCUT2D eigenvalue weighted by Gasteiger charge is 2.67. The highest BCUT2D eigenvalue weighted by molar-refractivity contribution is 5.90. The summed E-state index contributed by atoms with van der Waals surface area (Å²) in [6.07, 6.45) is 6.90. The second-order valence-electron chi connectivity index (χ2n) is 18.6. The van der Waals surface area contributed by atoms with Crippen molar-refractivity contribution in [1.29, 1.82) is 0 Å². The molecule has 4 fully saturated rings. The fraction of sp³-hybridized carbons (Fsp3) is 0.652. The summed E-state index contributed by atoms with van der Waals surface area (Å²) < 4.78 is 18.7. The number of anilines is 2. The maximum atomic E-state index is 14.2. The maximum absolute atomic E-state index is 14.2. The van der Waals surface area contributed by atoms with E-state index >= 15 is 0 Å². The van der Waals surface area contributed by atoms with Crippen molar-refractivity contribution in [2.75, 3.05) is 58.2 Å². The lowest BCUT2D eigenvalue weighted by atomic mass is 9.43. The summed E-state index contributed by atoms with van der Waals surface area (Å²) in [5, 5.41) is 7.10. The number of nitrogens with one attached hydrogen (secondary N) is 2. The first kappa shape index (κ1) is 40.9. The SMILES string of the molecule is COC(=O)CC[C@@H](C)[C@H]1CC[C@H]2[C@@H]3[C@H](OC(=O)c4ccc(N(C)C)cc4)C[C@@H]4C[C@H](NC5=NCCN5)CC[C@]4(C)[C@H]3C[C@H](OC(=O)c3ccc(N(C)C)cc3)[C@]12C. The zero-order valence-electron chi connectivity index (χ0n) is 35.4. The number of guanidine groups is 1. The average Bonchev–Trinajstić information content (AvgIpc) is 3.85. The minimum atomic E-state index is -0.387. The summed E-state index contributed by atoms with van der Waals surface area (Å²) in [5.74, 6) is 1.28. The second kappa shape index (κ2) is 16.5. The number of methoxy groups -OCH3 is 1. The van der Waals surface area contributed by atoms with Gasteiger partial charge in [0, 0.05) is 69.9 Å². The molecule has 4 aliphatic carbocycles. The number of carbonyl (C=O) groups is 3. The molecular formula is C46H65N5O6. The van der Waals surface area contributed by atoms with E-state index in [1.54, 1.807) is 0 Å². The quantitative estimate of drug-likeness (QED) is 0.183. The van der Waals surface area contributed by atoms with Crippen LogP contribution in [0.1, 0.15) is 99.3 Å². The smallest absolute Gasteiger partial charge is 0.338 e. The zero-order chi connectivity index (χ0) is 40.6. The first-order valence-electron chi connectivity index (χ1n) is 21.3. The Labute approximate surface area is 339 Å². The third kappa shape index (κ3) is 7.96. The monoisotopic (exact) mass is 783 g/mol. The molecule has 0 unspecified atom stereocenters. The number of carbonyl (C=O) groups excluding carboxylic acids is 3. The minimum Gasteiger partial charge on any atom is -0.469 e. The van der Waals surface area contributed by atoms with Crippen LogP contribution in [0.5, 0.6) is 0 Å². The Balaban J connectivity index is 1.24. The van der Waals surface area contributed by atoms with E-state index in [-0.39, 0.29) is 76.6 Å². The molecule has 0 bridgehead atoms. The van der Waals surface area contributed by atoms with Crippen LogP contribution in [0.4, 0.5) is 11.4 Å². The van der Waals surface area contributed by atoms with Crippen molar-refractivity contribution in [3.63, 3.8) is 0 Å². The van der Waals surface area contributed by atoms with Crippen LogP contribution in [0.25, 0.3) is 0 Å². The van der Waals surface area contributed by atoms with Crippen molar-refractivity contribution in [2.45, 2.75) is 96.8 Å².